The maximum atomic E-state index is 12.8. The summed E-state index contributed by atoms with van der Waals surface area (Å²) in [6, 6.07) is 6.44. The molecule has 2 aromatic heterocycles. The van der Waals surface area contributed by atoms with Gasteiger partial charge in [0, 0.05) is 50.7 Å². The van der Waals surface area contributed by atoms with Crippen LogP contribution in [0.3, 0.4) is 0 Å². The first kappa shape index (κ1) is 21.7. The summed E-state index contributed by atoms with van der Waals surface area (Å²) in [5.74, 6) is 6.56. The van der Waals surface area contributed by atoms with Crippen molar-refractivity contribution in [3.05, 3.63) is 63.1 Å². The highest BCUT2D eigenvalue weighted by molar-refractivity contribution is 5.97. The van der Waals surface area contributed by atoms with E-state index in [1.807, 2.05) is 6.07 Å². The Labute approximate surface area is 184 Å². The van der Waals surface area contributed by atoms with Crippen LogP contribution in [-0.4, -0.2) is 62.6 Å². The fourth-order valence-electron chi connectivity index (χ4n) is 4.02. The van der Waals surface area contributed by atoms with E-state index >= 15 is 0 Å². The Morgan fingerprint density at radius 2 is 1.72 bits per heavy atom. The molecule has 0 atom stereocenters. The third kappa shape index (κ3) is 4.40. The van der Waals surface area contributed by atoms with Crippen LogP contribution in [0.25, 0.3) is 10.9 Å². The molecule has 10 heteroatoms. The minimum absolute atomic E-state index is 0.152. The van der Waals surface area contributed by atoms with Gasteiger partial charge in [0.1, 0.15) is 0 Å². The zero-order valence-corrected chi connectivity index (χ0v) is 18.1. The Kier molecular flexibility index (Phi) is 6.31. The number of nitrogens with zero attached hydrogens (tertiary/aromatic N) is 6. The lowest BCUT2D eigenvalue weighted by molar-refractivity contribution is 0.101. The van der Waals surface area contributed by atoms with Gasteiger partial charge in [-0.15, -0.1) is 0 Å². The average molecular weight is 438 g/mol. The summed E-state index contributed by atoms with van der Waals surface area (Å²) in [6.45, 7) is 6.20. The summed E-state index contributed by atoms with van der Waals surface area (Å²) in [5.41, 5.74) is -0.269. The van der Waals surface area contributed by atoms with Crippen LogP contribution in [0.15, 0.2) is 46.2 Å². The number of fused-ring (bicyclic) bond motifs is 1. The van der Waals surface area contributed by atoms with Crippen LogP contribution in [0.2, 0.25) is 0 Å². The van der Waals surface area contributed by atoms with Crippen molar-refractivity contribution in [2.45, 2.75) is 26.3 Å². The molecule has 0 saturated carbocycles. The van der Waals surface area contributed by atoms with Gasteiger partial charge in [-0.25, -0.2) is 19.4 Å². The highest BCUT2D eigenvalue weighted by Gasteiger charge is 2.18. The highest BCUT2D eigenvalue weighted by Crippen LogP contribution is 2.12. The minimum Gasteiger partial charge on any atom is -0.338 e. The summed E-state index contributed by atoms with van der Waals surface area (Å²) >= 11 is 0. The number of ketones is 1. The molecule has 168 valence electrons. The molecule has 0 unspecified atom stereocenters. The fourth-order valence-corrected chi connectivity index (χ4v) is 4.02. The van der Waals surface area contributed by atoms with Crippen molar-refractivity contribution >= 4 is 22.6 Å². The average Bonchev–Trinajstić information content (AvgIpc) is 2.82. The van der Waals surface area contributed by atoms with Crippen LogP contribution in [0.4, 0.5) is 5.95 Å². The van der Waals surface area contributed by atoms with E-state index in [2.05, 4.69) is 19.8 Å². The number of rotatable bonds is 7. The van der Waals surface area contributed by atoms with Crippen molar-refractivity contribution in [3.8, 4) is 0 Å². The van der Waals surface area contributed by atoms with Gasteiger partial charge in [-0.2, -0.15) is 0 Å². The van der Waals surface area contributed by atoms with E-state index in [-0.39, 0.29) is 16.9 Å². The van der Waals surface area contributed by atoms with Gasteiger partial charge in [0.2, 0.25) is 5.95 Å². The number of carbonyl (C=O) groups is 1. The number of anilines is 1. The number of nitrogen functional groups attached to an aromatic ring is 1. The summed E-state index contributed by atoms with van der Waals surface area (Å²) < 4.78 is 2.13. The predicted octanol–water partition coefficient (Wildman–Crippen LogP) is 0.472. The number of carbonyl (C=O) groups excluding carboxylic acids is 1. The predicted molar refractivity (Wildman–Crippen MR) is 123 cm³/mol. The number of unbranched alkanes of at least 4 members (excludes halogenated alkanes) is 1. The zero-order valence-electron chi connectivity index (χ0n) is 18.1. The first-order valence-corrected chi connectivity index (χ1v) is 10.8. The first-order chi connectivity index (χ1) is 15.5. The lowest BCUT2D eigenvalue weighted by Crippen LogP contribution is -2.47. The SMILES string of the molecule is CC(=O)c1ccc2c(=O)n(CCCCN3CCN(c4ncccn4)CC3)c(=O)n(N)c2c1. The largest absolute Gasteiger partial charge is 0.349 e. The minimum atomic E-state index is -0.570. The smallest absolute Gasteiger partial charge is 0.338 e. The Morgan fingerprint density at radius 1 is 1.03 bits per heavy atom. The number of hydrogen-bond acceptors (Lipinski definition) is 8. The Hall–Kier alpha value is -3.53. The summed E-state index contributed by atoms with van der Waals surface area (Å²) in [5, 5.41) is 0.330. The molecule has 1 saturated heterocycles. The quantitative estimate of drug-likeness (QED) is 0.322. The third-order valence-electron chi connectivity index (χ3n) is 5.89. The molecule has 0 amide bonds. The van der Waals surface area contributed by atoms with Crippen molar-refractivity contribution in [1.82, 2.24) is 24.1 Å². The summed E-state index contributed by atoms with van der Waals surface area (Å²) in [7, 11) is 0. The molecule has 0 spiro atoms. The molecule has 32 heavy (non-hydrogen) atoms. The van der Waals surface area contributed by atoms with Crippen molar-refractivity contribution < 1.29 is 4.79 Å². The van der Waals surface area contributed by atoms with E-state index < -0.39 is 5.69 Å². The van der Waals surface area contributed by atoms with Crippen molar-refractivity contribution in [2.24, 2.45) is 0 Å². The number of hydrogen-bond donors (Lipinski definition) is 1. The molecule has 1 aromatic carbocycles. The van der Waals surface area contributed by atoms with Gasteiger partial charge in [-0.05, 0) is 44.5 Å². The van der Waals surface area contributed by atoms with E-state index in [0.29, 0.717) is 23.9 Å². The van der Waals surface area contributed by atoms with Crippen LogP contribution in [0.1, 0.15) is 30.1 Å². The molecule has 0 aliphatic carbocycles. The van der Waals surface area contributed by atoms with Gasteiger partial charge < -0.3 is 10.7 Å². The highest BCUT2D eigenvalue weighted by atomic mass is 16.2. The van der Waals surface area contributed by atoms with Gasteiger partial charge in [0.15, 0.2) is 5.78 Å². The van der Waals surface area contributed by atoms with Crippen LogP contribution < -0.4 is 22.0 Å². The zero-order chi connectivity index (χ0) is 22.7. The topological polar surface area (TPSA) is 119 Å². The van der Waals surface area contributed by atoms with Crippen LogP contribution in [0, 0.1) is 0 Å². The molecule has 0 bridgehead atoms. The fraction of sp³-hybridized carbons (Fsp3) is 0.409. The number of aromatic nitrogens is 4. The molecule has 10 nitrogen and oxygen atoms in total. The van der Waals surface area contributed by atoms with E-state index in [9.17, 15) is 14.4 Å². The monoisotopic (exact) mass is 437 g/mol. The number of nitrogens with two attached hydrogens (primary N) is 1. The van der Waals surface area contributed by atoms with Gasteiger partial charge in [-0.1, -0.05) is 6.07 Å². The number of Topliss-reactive ketones (excluding diaryl/α,β-unsaturated/α-hetero) is 1. The second-order valence-corrected chi connectivity index (χ2v) is 7.98. The Bertz CT molecular complexity index is 1230. The molecule has 2 N–H and O–H groups in total. The molecular formula is C22H27N7O3. The molecule has 4 rings (SSSR count). The molecule has 3 aromatic rings. The standard InChI is InChI=1S/C22H27N7O3/c1-16(30)17-5-6-18-19(15-17)29(23)22(32)28(20(18)31)10-3-2-9-26-11-13-27(14-12-26)21-24-7-4-8-25-21/h4-8,15H,2-3,9-14,23H2,1H3. The molecule has 0 radical (unpaired) electrons. The molecule has 3 heterocycles. The normalized spacial score (nSPS) is 14.7. The second kappa shape index (κ2) is 9.31. The Morgan fingerprint density at radius 3 is 2.41 bits per heavy atom. The van der Waals surface area contributed by atoms with Crippen molar-refractivity contribution in [1.29, 1.82) is 0 Å². The molecular weight excluding hydrogens is 410 g/mol. The van der Waals surface area contributed by atoms with Crippen LogP contribution >= 0.6 is 0 Å². The Balaban J connectivity index is 1.35. The van der Waals surface area contributed by atoms with Gasteiger partial charge in [0.05, 0.1) is 10.9 Å². The maximum absolute atomic E-state index is 12.8. The van der Waals surface area contributed by atoms with Gasteiger partial charge in [-0.3, -0.25) is 19.1 Å². The van der Waals surface area contributed by atoms with Crippen molar-refractivity contribution in [2.75, 3.05) is 43.5 Å². The van der Waals surface area contributed by atoms with Crippen LogP contribution in [-0.2, 0) is 6.54 Å². The lowest BCUT2D eigenvalue weighted by Gasteiger charge is -2.34. The van der Waals surface area contributed by atoms with E-state index in [0.717, 1.165) is 49.8 Å². The summed E-state index contributed by atoms with van der Waals surface area (Å²) in [4.78, 5) is 50.2. The second-order valence-electron chi connectivity index (χ2n) is 7.98. The van der Waals surface area contributed by atoms with Gasteiger partial charge in [0.25, 0.3) is 5.56 Å². The van der Waals surface area contributed by atoms with E-state index in [4.69, 9.17) is 5.84 Å². The first-order valence-electron chi connectivity index (χ1n) is 10.8. The van der Waals surface area contributed by atoms with E-state index in [1.165, 1.54) is 17.6 Å². The molecule has 1 aliphatic rings. The molecule has 1 fully saturated rings. The third-order valence-corrected chi connectivity index (χ3v) is 5.89. The number of piperazine rings is 1. The summed E-state index contributed by atoms with van der Waals surface area (Å²) in [6.07, 6.45) is 5.05. The molecule has 1 aliphatic heterocycles. The lowest BCUT2D eigenvalue weighted by atomic mass is 10.1. The van der Waals surface area contributed by atoms with Crippen molar-refractivity contribution in [3.63, 3.8) is 0 Å². The van der Waals surface area contributed by atoms with E-state index in [1.54, 1.807) is 24.5 Å². The van der Waals surface area contributed by atoms with Gasteiger partial charge >= 0.3 is 5.69 Å². The maximum Gasteiger partial charge on any atom is 0.349 e. The van der Waals surface area contributed by atoms with Crippen LogP contribution in [0.5, 0.6) is 0 Å². The number of benzene rings is 1.